The van der Waals surface area contributed by atoms with Crippen molar-refractivity contribution in [1.82, 2.24) is 15.2 Å². The fraction of sp³-hybridized carbons (Fsp3) is 0.308. The van der Waals surface area contributed by atoms with E-state index < -0.39 is 12.0 Å². The minimum absolute atomic E-state index is 0.106. The van der Waals surface area contributed by atoms with Crippen LogP contribution in [0.5, 0.6) is 11.5 Å². The molecule has 9 nitrogen and oxygen atoms in total. The smallest absolute Gasteiger partial charge is 0.338 e. The molecule has 1 atom stereocenters. The maximum Gasteiger partial charge on any atom is 0.338 e. The molecule has 188 valence electrons. The number of esters is 1. The molecule has 0 saturated carbocycles. The Kier molecular flexibility index (Phi) is 7.94. The van der Waals surface area contributed by atoms with Gasteiger partial charge in [0.25, 0.3) is 0 Å². The van der Waals surface area contributed by atoms with E-state index in [1.807, 2.05) is 34.6 Å². The molecule has 0 radical (unpaired) electrons. The second-order valence-corrected chi connectivity index (χ2v) is 8.84. The van der Waals surface area contributed by atoms with Crippen LogP contribution in [0.3, 0.4) is 0 Å². The average molecular weight is 509 g/mol. The number of rotatable bonds is 9. The third kappa shape index (κ3) is 5.08. The van der Waals surface area contributed by atoms with E-state index in [1.54, 1.807) is 46.5 Å². The first kappa shape index (κ1) is 25.3. The number of amides is 1. The van der Waals surface area contributed by atoms with Crippen LogP contribution in [0, 0.1) is 0 Å². The monoisotopic (exact) mass is 508 g/mol. The van der Waals surface area contributed by atoms with Gasteiger partial charge in [-0.05, 0) is 43.0 Å². The summed E-state index contributed by atoms with van der Waals surface area (Å²) in [5, 5.41) is 5.52. The van der Waals surface area contributed by atoms with E-state index in [4.69, 9.17) is 14.2 Å². The molecule has 3 heterocycles. The van der Waals surface area contributed by atoms with Crippen molar-refractivity contribution in [3.63, 3.8) is 0 Å². The molecule has 0 saturated heterocycles. The van der Waals surface area contributed by atoms with Crippen LogP contribution in [0.25, 0.3) is 0 Å². The number of carbonyl (C=O) groups excluding carboxylic acids is 2. The number of fused-ring (bicyclic) bond motifs is 1. The summed E-state index contributed by atoms with van der Waals surface area (Å²) in [4.78, 5) is 36.7. The number of ether oxygens (including phenoxy) is 3. The van der Waals surface area contributed by atoms with Crippen LogP contribution in [0.4, 0.5) is 0 Å². The van der Waals surface area contributed by atoms with E-state index in [0.717, 1.165) is 11.3 Å². The molecule has 0 bridgehead atoms. The van der Waals surface area contributed by atoms with Gasteiger partial charge in [-0.15, -0.1) is 0 Å². The summed E-state index contributed by atoms with van der Waals surface area (Å²) in [5.74, 6) is 0.415. The maximum atomic E-state index is 13.2. The lowest BCUT2D eigenvalue weighted by molar-refractivity contribution is -0.139. The Morgan fingerprint density at radius 3 is 2.61 bits per heavy atom. The number of aliphatic imine (C=N–C) groups is 1. The highest BCUT2D eigenvalue weighted by Gasteiger charge is 2.42. The van der Waals surface area contributed by atoms with Gasteiger partial charge in [-0.25, -0.2) is 9.79 Å². The molecule has 0 spiro atoms. The van der Waals surface area contributed by atoms with Gasteiger partial charge in [0.05, 0.1) is 44.6 Å². The number of nitrogens with zero attached hydrogens (tertiary/aromatic N) is 3. The van der Waals surface area contributed by atoms with Crippen LogP contribution in [-0.4, -0.2) is 47.8 Å². The van der Waals surface area contributed by atoms with Gasteiger partial charge < -0.3 is 24.4 Å². The molecule has 2 aliphatic heterocycles. The predicted molar refractivity (Wildman–Crippen MR) is 137 cm³/mol. The second kappa shape index (κ2) is 11.3. The van der Waals surface area contributed by atoms with Gasteiger partial charge in [-0.2, -0.15) is 0 Å². The van der Waals surface area contributed by atoms with Crippen LogP contribution < -0.4 is 14.8 Å². The maximum absolute atomic E-state index is 13.2. The topological polar surface area (TPSA) is 102 Å². The number of methoxy groups -OCH3 is 2. The highest BCUT2D eigenvalue weighted by atomic mass is 32.2. The summed E-state index contributed by atoms with van der Waals surface area (Å²) in [5.41, 5.74) is 3.32. The summed E-state index contributed by atoms with van der Waals surface area (Å²) in [7, 11) is 3.12. The molecule has 1 aromatic heterocycles. The van der Waals surface area contributed by atoms with Crippen molar-refractivity contribution < 1.29 is 23.8 Å². The van der Waals surface area contributed by atoms with Crippen LogP contribution in [0.2, 0.25) is 0 Å². The lowest BCUT2D eigenvalue weighted by Gasteiger charge is -2.37. The number of benzene rings is 1. The van der Waals surface area contributed by atoms with Crippen LogP contribution in [-0.2, 0) is 20.9 Å². The zero-order chi connectivity index (χ0) is 25.7. The van der Waals surface area contributed by atoms with E-state index in [9.17, 15) is 9.59 Å². The zero-order valence-electron chi connectivity index (χ0n) is 20.6. The number of nitrogens with one attached hydrogen (secondary N) is 1. The van der Waals surface area contributed by atoms with Gasteiger partial charge in [0.2, 0.25) is 5.91 Å². The number of pyridine rings is 1. The zero-order valence-corrected chi connectivity index (χ0v) is 21.4. The first-order valence-corrected chi connectivity index (χ1v) is 12.3. The highest BCUT2D eigenvalue weighted by Crippen LogP contribution is 2.48. The Morgan fingerprint density at radius 2 is 1.92 bits per heavy atom. The van der Waals surface area contributed by atoms with Crippen molar-refractivity contribution in [2.24, 2.45) is 4.99 Å². The third-order valence-electron chi connectivity index (χ3n) is 5.80. The standard InChI is InChI=1S/C26H28N4O5S/c1-5-35-25(32)22-16(2)29-26-30(23(22)19-7-6-8-20(33-3)24(19)34-4)18(15-36-26)13-21(31)28-14-17-9-11-27-12-10-17/h6-12,15,23H,5,13-14H2,1-4H3,(H,28,31)/t23-/m1/s1. The van der Waals surface area contributed by atoms with Gasteiger partial charge >= 0.3 is 5.97 Å². The molecule has 2 aliphatic rings. The molecule has 1 N–H and O–H groups in total. The molecule has 1 aromatic carbocycles. The first-order chi connectivity index (χ1) is 17.5. The van der Waals surface area contributed by atoms with E-state index in [2.05, 4.69) is 15.3 Å². The number of thioether (sulfide) groups is 1. The fourth-order valence-electron chi connectivity index (χ4n) is 4.19. The fourth-order valence-corrected chi connectivity index (χ4v) is 5.15. The molecule has 36 heavy (non-hydrogen) atoms. The van der Waals surface area contributed by atoms with Crippen molar-refractivity contribution in [3.8, 4) is 11.5 Å². The van der Waals surface area contributed by atoms with E-state index in [0.29, 0.717) is 40.0 Å². The van der Waals surface area contributed by atoms with Crippen molar-refractivity contribution in [3.05, 3.63) is 76.2 Å². The van der Waals surface area contributed by atoms with E-state index >= 15 is 0 Å². The van der Waals surface area contributed by atoms with Crippen molar-refractivity contribution in [2.75, 3.05) is 20.8 Å². The Bertz CT molecular complexity index is 1240. The Labute approximate surface area is 214 Å². The van der Waals surface area contributed by atoms with Gasteiger partial charge in [0, 0.05) is 30.2 Å². The molecule has 4 rings (SSSR count). The Balaban J connectivity index is 1.69. The number of amidine groups is 1. The number of aromatic nitrogens is 1. The summed E-state index contributed by atoms with van der Waals surface area (Å²) in [6.07, 6.45) is 3.48. The molecule has 2 aromatic rings. The number of hydrogen-bond donors (Lipinski definition) is 1. The van der Waals surface area contributed by atoms with E-state index in [1.165, 1.54) is 11.8 Å². The summed E-state index contributed by atoms with van der Waals surface area (Å²) < 4.78 is 16.6. The molecule has 1 amide bonds. The van der Waals surface area contributed by atoms with Crippen molar-refractivity contribution >= 4 is 28.8 Å². The predicted octanol–water partition coefficient (Wildman–Crippen LogP) is 3.94. The SMILES string of the molecule is CCOC(=O)C1=C(C)N=C2SC=C(CC(=O)NCc3ccncc3)N2[C@@H]1c1cccc(OC)c1OC. The van der Waals surface area contributed by atoms with Crippen molar-refractivity contribution in [2.45, 2.75) is 32.9 Å². The molecule has 0 unspecified atom stereocenters. The second-order valence-electron chi connectivity index (χ2n) is 8.01. The quantitative estimate of drug-likeness (QED) is 0.508. The van der Waals surface area contributed by atoms with Gasteiger partial charge in [-0.3, -0.25) is 9.78 Å². The number of carbonyl (C=O) groups is 2. The number of hydrogen-bond acceptors (Lipinski definition) is 9. The van der Waals surface area contributed by atoms with Crippen molar-refractivity contribution in [1.29, 1.82) is 0 Å². The summed E-state index contributed by atoms with van der Waals surface area (Å²) >= 11 is 1.41. The highest BCUT2D eigenvalue weighted by molar-refractivity contribution is 8.16. The largest absolute Gasteiger partial charge is 0.493 e. The van der Waals surface area contributed by atoms with Gasteiger partial charge in [0.15, 0.2) is 16.7 Å². The summed E-state index contributed by atoms with van der Waals surface area (Å²) in [6.45, 7) is 4.17. The first-order valence-electron chi connectivity index (χ1n) is 11.5. The van der Waals surface area contributed by atoms with Crippen LogP contribution in [0.1, 0.15) is 37.4 Å². The number of allylic oxidation sites excluding steroid dienone is 1. The Hall–Kier alpha value is -3.79. The third-order valence-corrected chi connectivity index (χ3v) is 6.69. The van der Waals surface area contributed by atoms with E-state index in [-0.39, 0.29) is 18.9 Å². The van der Waals surface area contributed by atoms with Crippen LogP contribution >= 0.6 is 11.8 Å². The molecule has 0 aliphatic carbocycles. The molecule has 10 heteroatoms. The minimum Gasteiger partial charge on any atom is -0.493 e. The Morgan fingerprint density at radius 1 is 1.14 bits per heavy atom. The summed E-state index contributed by atoms with van der Waals surface area (Å²) in [6, 6.07) is 8.61. The number of para-hydroxylation sites is 1. The normalized spacial score (nSPS) is 16.7. The van der Waals surface area contributed by atoms with Crippen LogP contribution in [0.15, 0.2) is 70.1 Å². The average Bonchev–Trinajstić information content (AvgIpc) is 3.28. The lowest BCUT2D eigenvalue weighted by Crippen LogP contribution is -2.38. The lowest BCUT2D eigenvalue weighted by atomic mass is 9.92. The molecule has 0 fully saturated rings. The molecular formula is C26H28N4O5S. The van der Waals surface area contributed by atoms with Gasteiger partial charge in [-0.1, -0.05) is 23.9 Å². The van der Waals surface area contributed by atoms with Gasteiger partial charge in [0.1, 0.15) is 0 Å². The molecular weight excluding hydrogens is 480 g/mol. The minimum atomic E-state index is -0.615.